The number of aromatic nitrogens is 1. The van der Waals surface area contributed by atoms with Crippen LogP contribution in [0.4, 0.5) is 0 Å². The lowest BCUT2D eigenvalue weighted by Gasteiger charge is -2.11. The minimum Gasteiger partial charge on any atom is -0.497 e. The molecule has 0 bridgehead atoms. The number of rotatable bonds is 4. The maximum absolute atomic E-state index is 6.27. The predicted molar refractivity (Wildman–Crippen MR) is 90.6 cm³/mol. The minimum absolute atomic E-state index is 0.582. The van der Waals surface area contributed by atoms with Crippen LogP contribution in [0.2, 0.25) is 10.0 Å². The summed E-state index contributed by atoms with van der Waals surface area (Å²) in [5.41, 5.74) is 1.90. The predicted octanol–water partition coefficient (Wildman–Crippen LogP) is 5.01. The molecule has 0 atom stereocenters. The Morgan fingerprint density at radius 1 is 1.00 bits per heavy atom. The van der Waals surface area contributed by atoms with E-state index in [4.69, 9.17) is 32.7 Å². The Labute approximate surface area is 139 Å². The van der Waals surface area contributed by atoms with E-state index in [9.17, 15) is 0 Å². The molecule has 0 N–H and O–H groups in total. The second-order valence-corrected chi connectivity index (χ2v) is 5.72. The van der Waals surface area contributed by atoms with E-state index in [2.05, 4.69) is 4.57 Å². The van der Waals surface area contributed by atoms with Gasteiger partial charge in [0.15, 0.2) is 0 Å². The molecule has 5 heteroatoms. The van der Waals surface area contributed by atoms with Crippen LogP contribution in [0, 0.1) is 0 Å². The van der Waals surface area contributed by atoms with Gasteiger partial charge in [-0.2, -0.15) is 0 Å². The van der Waals surface area contributed by atoms with Gasteiger partial charge in [0.05, 0.1) is 26.3 Å². The van der Waals surface area contributed by atoms with Gasteiger partial charge in [-0.25, -0.2) is 0 Å². The van der Waals surface area contributed by atoms with Crippen molar-refractivity contribution in [1.29, 1.82) is 0 Å². The number of halogens is 2. The number of hydrogen-bond acceptors (Lipinski definition) is 2. The van der Waals surface area contributed by atoms with Crippen LogP contribution < -0.4 is 9.47 Å². The van der Waals surface area contributed by atoms with Crippen molar-refractivity contribution in [3.63, 3.8) is 0 Å². The largest absolute Gasteiger partial charge is 0.497 e. The summed E-state index contributed by atoms with van der Waals surface area (Å²) in [6.07, 6.45) is 1.99. The van der Waals surface area contributed by atoms with Crippen molar-refractivity contribution in [1.82, 2.24) is 4.57 Å². The van der Waals surface area contributed by atoms with Gasteiger partial charge in [0.2, 0.25) is 0 Å². The van der Waals surface area contributed by atoms with Crippen LogP contribution in [-0.2, 0) is 6.54 Å². The number of methoxy groups -OCH3 is 2. The molecule has 1 heterocycles. The van der Waals surface area contributed by atoms with E-state index in [1.165, 1.54) is 0 Å². The molecule has 0 amide bonds. The lowest BCUT2D eigenvalue weighted by Crippen LogP contribution is -2.00. The first-order valence-corrected chi connectivity index (χ1v) is 7.53. The lowest BCUT2D eigenvalue weighted by atomic mass is 10.2. The van der Waals surface area contributed by atoms with Crippen LogP contribution in [0.15, 0.2) is 42.6 Å². The second-order valence-electron chi connectivity index (χ2n) is 4.91. The molecule has 0 aliphatic heterocycles. The first-order valence-electron chi connectivity index (χ1n) is 6.78. The summed E-state index contributed by atoms with van der Waals surface area (Å²) >= 11 is 12.5. The van der Waals surface area contributed by atoms with Gasteiger partial charge < -0.3 is 14.0 Å². The number of nitrogens with zero attached hydrogens (tertiary/aromatic N) is 1. The summed E-state index contributed by atoms with van der Waals surface area (Å²) in [5.74, 6) is 1.52. The standard InChI is InChI=1S/C17H15Cl2NO2/c1-21-11-8-16-12(17(9-11)22-2)6-7-20(16)10-13-14(18)4-3-5-15(13)19/h3-9H,10H2,1-2H3. The number of fused-ring (bicyclic) bond motifs is 1. The molecule has 3 aromatic rings. The number of benzene rings is 2. The van der Waals surface area contributed by atoms with Gasteiger partial charge in [0, 0.05) is 39.3 Å². The van der Waals surface area contributed by atoms with E-state index < -0.39 is 0 Å². The molecule has 1 aromatic heterocycles. The normalized spacial score (nSPS) is 10.9. The zero-order valence-electron chi connectivity index (χ0n) is 12.3. The average Bonchev–Trinajstić information content (AvgIpc) is 2.93. The lowest BCUT2D eigenvalue weighted by molar-refractivity contribution is 0.398. The molecule has 114 valence electrons. The zero-order chi connectivity index (χ0) is 15.7. The Morgan fingerprint density at radius 3 is 2.36 bits per heavy atom. The van der Waals surface area contributed by atoms with Crippen LogP contribution in [0.1, 0.15) is 5.56 Å². The van der Waals surface area contributed by atoms with Crippen LogP contribution in [0.5, 0.6) is 11.5 Å². The summed E-state index contributed by atoms with van der Waals surface area (Å²) in [6, 6.07) is 11.4. The fourth-order valence-corrected chi connectivity index (χ4v) is 3.03. The van der Waals surface area contributed by atoms with Crippen LogP contribution >= 0.6 is 23.2 Å². The van der Waals surface area contributed by atoms with Gasteiger partial charge in [-0.05, 0) is 18.2 Å². The van der Waals surface area contributed by atoms with Gasteiger partial charge in [-0.15, -0.1) is 0 Å². The third-order valence-electron chi connectivity index (χ3n) is 3.67. The summed E-state index contributed by atoms with van der Waals surface area (Å²) in [7, 11) is 3.29. The minimum atomic E-state index is 0.582. The summed E-state index contributed by atoms with van der Waals surface area (Å²) in [5, 5.41) is 2.33. The molecule has 0 saturated heterocycles. The van der Waals surface area contributed by atoms with E-state index in [1.807, 2.05) is 42.6 Å². The molecule has 3 nitrogen and oxygen atoms in total. The maximum Gasteiger partial charge on any atom is 0.131 e. The van der Waals surface area contributed by atoms with Crippen LogP contribution in [0.3, 0.4) is 0 Å². The van der Waals surface area contributed by atoms with Crippen molar-refractivity contribution in [3.8, 4) is 11.5 Å². The fourth-order valence-electron chi connectivity index (χ4n) is 2.52. The Bertz CT molecular complexity index is 807. The molecular formula is C17H15Cl2NO2. The topological polar surface area (TPSA) is 23.4 Å². The van der Waals surface area contributed by atoms with Crippen LogP contribution in [-0.4, -0.2) is 18.8 Å². The van der Waals surface area contributed by atoms with Gasteiger partial charge in [-0.1, -0.05) is 29.3 Å². The smallest absolute Gasteiger partial charge is 0.131 e. The molecule has 0 aliphatic carbocycles. The number of hydrogen-bond donors (Lipinski definition) is 0. The molecule has 0 aliphatic rings. The summed E-state index contributed by atoms with van der Waals surface area (Å²) in [6.45, 7) is 0.582. The fraction of sp³-hybridized carbons (Fsp3) is 0.176. The molecule has 2 aromatic carbocycles. The Morgan fingerprint density at radius 2 is 1.73 bits per heavy atom. The van der Waals surface area contributed by atoms with E-state index in [-0.39, 0.29) is 0 Å². The molecule has 0 spiro atoms. The molecule has 0 radical (unpaired) electrons. The SMILES string of the molecule is COc1cc(OC)c2ccn(Cc3c(Cl)cccc3Cl)c2c1. The van der Waals surface area contributed by atoms with Crippen molar-refractivity contribution in [2.45, 2.75) is 6.54 Å². The van der Waals surface area contributed by atoms with E-state index in [0.717, 1.165) is 28.0 Å². The van der Waals surface area contributed by atoms with Gasteiger partial charge in [0.1, 0.15) is 11.5 Å². The van der Waals surface area contributed by atoms with Gasteiger partial charge in [-0.3, -0.25) is 0 Å². The molecule has 22 heavy (non-hydrogen) atoms. The Kier molecular flexibility index (Phi) is 4.19. The highest BCUT2D eigenvalue weighted by Gasteiger charge is 2.12. The molecule has 0 fully saturated rings. The van der Waals surface area contributed by atoms with Crippen molar-refractivity contribution in [3.05, 3.63) is 58.2 Å². The highest BCUT2D eigenvalue weighted by Crippen LogP contribution is 2.33. The van der Waals surface area contributed by atoms with E-state index >= 15 is 0 Å². The summed E-state index contributed by atoms with van der Waals surface area (Å²) in [4.78, 5) is 0. The highest BCUT2D eigenvalue weighted by atomic mass is 35.5. The quantitative estimate of drug-likeness (QED) is 0.668. The van der Waals surface area contributed by atoms with Crippen molar-refractivity contribution in [2.24, 2.45) is 0 Å². The first kappa shape index (κ1) is 15.1. The van der Waals surface area contributed by atoms with Crippen molar-refractivity contribution in [2.75, 3.05) is 14.2 Å². The third-order valence-corrected chi connectivity index (χ3v) is 4.38. The average molecular weight is 336 g/mol. The van der Waals surface area contributed by atoms with Crippen molar-refractivity contribution < 1.29 is 9.47 Å². The zero-order valence-corrected chi connectivity index (χ0v) is 13.8. The Hall–Kier alpha value is -1.84. The van der Waals surface area contributed by atoms with Crippen molar-refractivity contribution >= 4 is 34.1 Å². The third kappa shape index (κ3) is 2.62. The van der Waals surface area contributed by atoms with E-state index in [1.54, 1.807) is 14.2 Å². The molecule has 0 saturated carbocycles. The Balaban J connectivity index is 2.12. The maximum atomic E-state index is 6.27. The highest BCUT2D eigenvalue weighted by molar-refractivity contribution is 6.36. The second kappa shape index (κ2) is 6.11. The van der Waals surface area contributed by atoms with Crippen LogP contribution in [0.25, 0.3) is 10.9 Å². The molecular weight excluding hydrogens is 321 g/mol. The number of ether oxygens (including phenoxy) is 2. The van der Waals surface area contributed by atoms with E-state index in [0.29, 0.717) is 16.6 Å². The van der Waals surface area contributed by atoms with Gasteiger partial charge >= 0.3 is 0 Å². The monoisotopic (exact) mass is 335 g/mol. The molecule has 0 unspecified atom stereocenters. The summed E-state index contributed by atoms with van der Waals surface area (Å²) < 4.78 is 12.9. The first-order chi connectivity index (χ1) is 10.6. The molecule has 3 rings (SSSR count). The van der Waals surface area contributed by atoms with Gasteiger partial charge in [0.25, 0.3) is 0 Å².